The zero-order chi connectivity index (χ0) is 9.84. The first-order valence-electron chi connectivity index (χ1n) is 3.61. The average molecular weight is 192 g/mol. The summed E-state index contributed by atoms with van der Waals surface area (Å²) >= 11 is 4.67. The summed E-state index contributed by atoms with van der Waals surface area (Å²) in [6.45, 7) is 1.82. The van der Waals surface area contributed by atoms with E-state index in [9.17, 15) is 0 Å². The van der Waals surface area contributed by atoms with Crippen LogP contribution in [0.3, 0.4) is 0 Å². The second-order valence-corrected chi connectivity index (χ2v) is 2.92. The Balaban J connectivity index is 3.00. The summed E-state index contributed by atoms with van der Waals surface area (Å²) in [5.41, 5.74) is 5.55. The fourth-order valence-corrected chi connectivity index (χ4v) is 0.936. The molecule has 0 atom stereocenters. The van der Waals surface area contributed by atoms with Crippen molar-refractivity contribution in [1.29, 1.82) is 5.26 Å². The van der Waals surface area contributed by atoms with Crippen LogP contribution in [0.15, 0.2) is 22.1 Å². The van der Waals surface area contributed by atoms with E-state index in [0.717, 1.165) is 5.76 Å². The number of furan rings is 1. The highest BCUT2D eigenvalue weighted by Gasteiger charge is 2.01. The molecule has 0 amide bonds. The minimum absolute atomic E-state index is 0.0801. The minimum atomic E-state index is 0.0801. The maximum Gasteiger partial charge on any atom is 0.128 e. The van der Waals surface area contributed by atoms with Crippen molar-refractivity contribution < 1.29 is 4.42 Å². The Morgan fingerprint density at radius 1 is 1.69 bits per heavy atom. The van der Waals surface area contributed by atoms with Gasteiger partial charge in [0.15, 0.2) is 0 Å². The van der Waals surface area contributed by atoms with E-state index in [-0.39, 0.29) is 10.6 Å². The highest BCUT2D eigenvalue weighted by atomic mass is 32.1. The monoisotopic (exact) mass is 192 g/mol. The Hall–Kier alpha value is -1.60. The van der Waals surface area contributed by atoms with E-state index in [2.05, 4.69) is 12.2 Å². The van der Waals surface area contributed by atoms with Gasteiger partial charge in [0.05, 0.1) is 5.57 Å². The molecule has 0 unspecified atom stereocenters. The third-order valence-corrected chi connectivity index (χ3v) is 1.65. The molecule has 0 bridgehead atoms. The summed E-state index contributed by atoms with van der Waals surface area (Å²) < 4.78 is 5.22. The van der Waals surface area contributed by atoms with E-state index in [1.807, 2.05) is 13.0 Å². The number of hydrogen-bond acceptors (Lipinski definition) is 3. The lowest BCUT2D eigenvalue weighted by Gasteiger charge is -1.91. The van der Waals surface area contributed by atoms with E-state index < -0.39 is 0 Å². The highest BCUT2D eigenvalue weighted by Crippen LogP contribution is 2.10. The van der Waals surface area contributed by atoms with Crippen LogP contribution in [0.25, 0.3) is 6.08 Å². The summed E-state index contributed by atoms with van der Waals surface area (Å²) in [5.74, 6) is 1.37. The van der Waals surface area contributed by atoms with Gasteiger partial charge >= 0.3 is 0 Å². The number of nitrogens with zero attached hydrogens (tertiary/aromatic N) is 1. The molecule has 0 radical (unpaired) electrons. The second kappa shape index (κ2) is 3.87. The predicted octanol–water partition coefficient (Wildman–Crippen LogP) is 1.78. The van der Waals surface area contributed by atoms with Crippen molar-refractivity contribution in [3.8, 4) is 6.07 Å². The standard InChI is InChI=1S/C9H8N2OS/c1-6-2-3-8(12-6)4-7(5-10)9(11)13/h2-4H,1H3,(H2,11,13)/b7-4-. The number of rotatable bonds is 2. The largest absolute Gasteiger partial charge is 0.462 e. The molecule has 0 aliphatic rings. The first-order chi connectivity index (χ1) is 6.13. The zero-order valence-electron chi connectivity index (χ0n) is 7.07. The molecule has 0 aliphatic heterocycles. The van der Waals surface area contributed by atoms with Gasteiger partial charge in [-0.15, -0.1) is 0 Å². The van der Waals surface area contributed by atoms with Gasteiger partial charge in [-0.2, -0.15) is 5.26 Å². The van der Waals surface area contributed by atoms with Crippen LogP contribution in [0.4, 0.5) is 0 Å². The maximum absolute atomic E-state index is 8.64. The molecule has 1 aromatic heterocycles. The van der Waals surface area contributed by atoms with E-state index in [1.54, 1.807) is 12.1 Å². The highest BCUT2D eigenvalue weighted by molar-refractivity contribution is 7.80. The number of aryl methyl sites for hydroxylation is 1. The summed E-state index contributed by atoms with van der Waals surface area (Å²) in [7, 11) is 0. The molecule has 4 heteroatoms. The minimum Gasteiger partial charge on any atom is -0.462 e. The molecular weight excluding hydrogens is 184 g/mol. The van der Waals surface area contributed by atoms with Crippen molar-refractivity contribution in [2.45, 2.75) is 6.92 Å². The zero-order valence-corrected chi connectivity index (χ0v) is 7.89. The fraction of sp³-hybridized carbons (Fsp3) is 0.111. The van der Waals surface area contributed by atoms with Crippen LogP contribution >= 0.6 is 12.2 Å². The topological polar surface area (TPSA) is 63.0 Å². The molecule has 0 aromatic carbocycles. The smallest absolute Gasteiger partial charge is 0.128 e. The van der Waals surface area contributed by atoms with Gasteiger partial charge in [0.1, 0.15) is 22.6 Å². The summed E-state index contributed by atoms with van der Waals surface area (Å²) in [6.07, 6.45) is 1.52. The van der Waals surface area contributed by atoms with Crippen molar-refractivity contribution in [2.24, 2.45) is 5.73 Å². The Morgan fingerprint density at radius 2 is 2.38 bits per heavy atom. The Morgan fingerprint density at radius 3 is 2.77 bits per heavy atom. The van der Waals surface area contributed by atoms with Crippen molar-refractivity contribution in [3.63, 3.8) is 0 Å². The van der Waals surface area contributed by atoms with E-state index in [4.69, 9.17) is 15.4 Å². The molecule has 0 saturated carbocycles. The van der Waals surface area contributed by atoms with Crippen LogP contribution in [0.2, 0.25) is 0 Å². The number of thiocarbonyl (C=S) groups is 1. The normalized spacial score (nSPS) is 10.9. The van der Waals surface area contributed by atoms with Gasteiger partial charge in [0.25, 0.3) is 0 Å². The third-order valence-electron chi connectivity index (χ3n) is 1.43. The van der Waals surface area contributed by atoms with Crippen LogP contribution in [-0.2, 0) is 0 Å². The molecule has 1 rings (SSSR count). The van der Waals surface area contributed by atoms with Crippen LogP contribution in [-0.4, -0.2) is 4.99 Å². The first kappa shape index (κ1) is 9.49. The van der Waals surface area contributed by atoms with E-state index in [0.29, 0.717) is 5.76 Å². The quantitative estimate of drug-likeness (QED) is 0.440. The summed E-state index contributed by atoms with van der Waals surface area (Å²) in [4.78, 5) is 0.0801. The summed E-state index contributed by atoms with van der Waals surface area (Å²) in [6, 6.07) is 5.45. The lowest BCUT2D eigenvalue weighted by atomic mass is 10.2. The molecule has 13 heavy (non-hydrogen) atoms. The van der Waals surface area contributed by atoms with Crippen molar-refractivity contribution in [2.75, 3.05) is 0 Å². The predicted molar refractivity (Wildman–Crippen MR) is 53.8 cm³/mol. The average Bonchev–Trinajstić information content (AvgIpc) is 2.46. The lowest BCUT2D eigenvalue weighted by Crippen LogP contribution is -2.09. The fourth-order valence-electron chi connectivity index (χ4n) is 0.832. The lowest BCUT2D eigenvalue weighted by molar-refractivity contribution is 0.525. The molecule has 1 heterocycles. The first-order valence-corrected chi connectivity index (χ1v) is 4.02. The maximum atomic E-state index is 8.64. The Bertz CT molecular complexity index is 398. The molecule has 0 spiro atoms. The summed E-state index contributed by atoms with van der Waals surface area (Å²) in [5, 5.41) is 8.64. The van der Waals surface area contributed by atoms with E-state index >= 15 is 0 Å². The van der Waals surface area contributed by atoms with Gasteiger partial charge in [0.2, 0.25) is 0 Å². The molecule has 0 fully saturated rings. The molecule has 2 N–H and O–H groups in total. The molecule has 66 valence electrons. The van der Waals surface area contributed by atoms with Crippen molar-refractivity contribution >= 4 is 23.3 Å². The Kier molecular flexibility index (Phi) is 2.83. The van der Waals surface area contributed by atoms with Crippen LogP contribution in [0, 0.1) is 18.3 Å². The van der Waals surface area contributed by atoms with Gasteiger partial charge in [0, 0.05) is 6.08 Å². The van der Waals surface area contributed by atoms with Gasteiger partial charge in [-0.1, -0.05) is 12.2 Å². The molecule has 1 aromatic rings. The van der Waals surface area contributed by atoms with Gasteiger partial charge in [-0.3, -0.25) is 0 Å². The van der Waals surface area contributed by atoms with Crippen molar-refractivity contribution in [1.82, 2.24) is 0 Å². The third kappa shape index (κ3) is 2.42. The van der Waals surface area contributed by atoms with Crippen LogP contribution in [0.5, 0.6) is 0 Å². The molecular formula is C9H8N2OS. The van der Waals surface area contributed by atoms with Crippen molar-refractivity contribution in [3.05, 3.63) is 29.2 Å². The molecule has 0 saturated heterocycles. The van der Waals surface area contributed by atoms with Gasteiger partial charge < -0.3 is 10.2 Å². The second-order valence-electron chi connectivity index (χ2n) is 2.48. The number of nitrogens with two attached hydrogens (primary N) is 1. The molecule has 0 aliphatic carbocycles. The molecule has 3 nitrogen and oxygen atoms in total. The van der Waals surface area contributed by atoms with E-state index in [1.165, 1.54) is 6.08 Å². The van der Waals surface area contributed by atoms with Gasteiger partial charge in [-0.05, 0) is 19.1 Å². The SMILES string of the molecule is Cc1ccc(/C=C(/C#N)C(N)=S)o1. The van der Waals surface area contributed by atoms with Crippen LogP contribution < -0.4 is 5.73 Å². The Labute approximate surface area is 81.5 Å². The number of hydrogen-bond donors (Lipinski definition) is 1. The number of nitriles is 1. The van der Waals surface area contributed by atoms with Gasteiger partial charge in [-0.25, -0.2) is 0 Å². The van der Waals surface area contributed by atoms with Crippen LogP contribution in [0.1, 0.15) is 11.5 Å².